The molecule has 0 aliphatic heterocycles. The van der Waals surface area contributed by atoms with Crippen LogP contribution in [-0.4, -0.2) is 27.2 Å². The van der Waals surface area contributed by atoms with Crippen LogP contribution in [0.15, 0.2) is 48.5 Å². The third kappa shape index (κ3) is 3.83. The molecule has 2 aromatic carbocycles. The monoisotopic (exact) mass is 272 g/mol. The van der Waals surface area contributed by atoms with E-state index in [4.69, 9.17) is 10.2 Å². The number of phenolic OH excluding ortho intramolecular Hbond substituents is 2. The van der Waals surface area contributed by atoms with Crippen LogP contribution < -0.4 is 0 Å². The summed E-state index contributed by atoms with van der Waals surface area (Å²) in [5, 5.41) is 28.2. The van der Waals surface area contributed by atoms with Gasteiger partial charge in [0.25, 0.3) is 0 Å². The fourth-order valence-corrected chi connectivity index (χ4v) is 1.90. The van der Waals surface area contributed by atoms with Crippen molar-refractivity contribution in [3.8, 4) is 11.5 Å². The molecule has 0 amide bonds. The minimum Gasteiger partial charge on any atom is -0.508 e. The molecule has 0 aliphatic rings. The number of carbonyl (C=O) groups excluding carboxylic acids is 1. The summed E-state index contributed by atoms with van der Waals surface area (Å²) in [6.45, 7) is 0. The van der Waals surface area contributed by atoms with E-state index in [1.807, 2.05) is 0 Å². The number of aliphatic hydroxyl groups is 1. The first kappa shape index (κ1) is 14.1. The van der Waals surface area contributed by atoms with Gasteiger partial charge in [0, 0.05) is 12.8 Å². The van der Waals surface area contributed by atoms with Gasteiger partial charge in [-0.25, -0.2) is 0 Å². The average Bonchev–Trinajstić information content (AvgIpc) is 2.44. The van der Waals surface area contributed by atoms with Gasteiger partial charge in [-0.2, -0.15) is 0 Å². The molecule has 0 unspecified atom stereocenters. The van der Waals surface area contributed by atoms with Crippen molar-refractivity contribution in [3.05, 3.63) is 59.7 Å². The largest absolute Gasteiger partial charge is 0.508 e. The summed E-state index contributed by atoms with van der Waals surface area (Å²) in [7, 11) is 0. The highest BCUT2D eigenvalue weighted by Crippen LogP contribution is 2.14. The standard InChI is InChI=1S/C16H16O4/c17-13-5-1-11(2-6-13)9-15(19)16(20)10-12-3-7-14(18)8-4-12/h1-8,15,17-19H,9-10H2/t15-/m0/s1. The van der Waals surface area contributed by atoms with E-state index >= 15 is 0 Å². The molecular weight excluding hydrogens is 256 g/mol. The van der Waals surface area contributed by atoms with E-state index in [-0.39, 0.29) is 30.1 Å². The predicted molar refractivity (Wildman–Crippen MR) is 74.6 cm³/mol. The quantitative estimate of drug-likeness (QED) is 0.775. The fraction of sp³-hybridized carbons (Fsp3) is 0.188. The molecule has 0 radical (unpaired) electrons. The van der Waals surface area contributed by atoms with Crippen LogP contribution in [0.2, 0.25) is 0 Å². The summed E-state index contributed by atoms with van der Waals surface area (Å²) in [5.74, 6) is 0.0215. The van der Waals surface area contributed by atoms with Crippen molar-refractivity contribution in [2.24, 2.45) is 0 Å². The molecule has 0 aliphatic carbocycles. The van der Waals surface area contributed by atoms with E-state index < -0.39 is 6.10 Å². The zero-order chi connectivity index (χ0) is 14.5. The predicted octanol–water partition coefficient (Wildman–Crippen LogP) is 1.81. The maximum Gasteiger partial charge on any atom is 0.165 e. The van der Waals surface area contributed by atoms with E-state index in [0.717, 1.165) is 11.1 Å². The molecule has 4 nitrogen and oxygen atoms in total. The van der Waals surface area contributed by atoms with Crippen molar-refractivity contribution in [2.75, 3.05) is 0 Å². The van der Waals surface area contributed by atoms with E-state index in [2.05, 4.69) is 0 Å². The van der Waals surface area contributed by atoms with Crippen LogP contribution in [0.25, 0.3) is 0 Å². The molecule has 0 saturated heterocycles. The molecule has 0 fully saturated rings. The molecule has 0 heterocycles. The molecule has 0 spiro atoms. The summed E-state index contributed by atoms with van der Waals surface area (Å²) < 4.78 is 0. The number of aliphatic hydroxyl groups excluding tert-OH is 1. The Morgan fingerprint density at radius 2 is 1.30 bits per heavy atom. The molecule has 2 aromatic rings. The molecule has 0 saturated carbocycles. The number of aromatic hydroxyl groups is 2. The third-order valence-electron chi connectivity index (χ3n) is 3.05. The highest BCUT2D eigenvalue weighted by Gasteiger charge is 2.16. The zero-order valence-corrected chi connectivity index (χ0v) is 10.9. The number of ketones is 1. The van der Waals surface area contributed by atoms with Gasteiger partial charge in [0.05, 0.1) is 0 Å². The molecule has 0 bridgehead atoms. The smallest absolute Gasteiger partial charge is 0.165 e. The molecule has 104 valence electrons. The van der Waals surface area contributed by atoms with Crippen molar-refractivity contribution in [1.82, 2.24) is 0 Å². The molecular formula is C16H16O4. The normalized spacial score (nSPS) is 12.1. The number of hydrogen-bond acceptors (Lipinski definition) is 4. The number of carbonyl (C=O) groups is 1. The lowest BCUT2D eigenvalue weighted by molar-refractivity contribution is -0.126. The van der Waals surface area contributed by atoms with Crippen LogP contribution in [-0.2, 0) is 17.6 Å². The number of phenols is 2. The summed E-state index contributed by atoms with van der Waals surface area (Å²) in [5.41, 5.74) is 1.53. The Hall–Kier alpha value is -2.33. The second-order valence-corrected chi connectivity index (χ2v) is 4.70. The van der Waals surface area contributed by atoms with Gasteiger partial charge < -0.3 is 15.3 Å². The van der Waals surface area contributed by atoms with Gasteiger partial charge in [0.2, 0.25) is 0 Å². The number of Topliss-reactive ketones (excluding diaryl/α,β-unsaturated/α-hetero) is 1. The molecule has 0 aromatic heterocycles. The second-order valence-electron chi connectivity index (χ2n) is 4.70. The number of hydrogen-bond donors (Lipinski definition) is 3. The Bertz CT molecular complexity index is 572. The van der Waals surface area contributed by atoms with E-state index in [9.17, 15) is 9.90 Å². The Labute approximate surface area is 116 Å². The highest BCUT2D eigenvalue weighted by molar-refractivity contribution is 5.85. The summed E-state index contributed by atoms with van der Waals surface area (Å²) in [4.78, 5) is 11.9. The Morgan fingerprint density at radius 3 is 1.80 bits per heavy atom. The van der Waals surface area contributed by atoms with Crippen LogP contribution >= 0.6 is 0 Å². The lowest BCUT2D eigenvalue weighted by atomic mass is 10.00. The Kier molecular flexibility index (Phi) is 4.38. The fourth-order valence-electron chi connectivity index (χ4n) is 1.90. The van der Waals surface area contributed by atoms with Crippen LogP contribution in [0.1, 0.15) is 11.1 Å². The van der Waals surface area contributed by atoms with Crippen LogP contribution in [0, 0.1) is 0 Å². The molecule has 1 atom stereocenters. The van der Waals surface area contributed by atoms with Gasteiger partial charge in [0.1, 0.15) is 17.6 Å². The SMILES string of the molecule is O=C(Cc1ccc(O)cc1)[C@@H](O)Cc1ccc(O)cc1. The van der Waals surface area contributed by atoms with Crippen molar-refractivity contribution in [2.45, 2.75) is 18.9 Å². The minimum atomic E-state index is -1.08. The van der Waals surface area contributed by atoms with Gasteiger partial charge in [-0.15, -0.1) is 0 Å². The number of benzene rings is 2. The molecule has 4 heteroatoms. The molecule has 2 rings (SSSR count). The van der Waals surface area contributed by atoms with Crippen molar-refractivity contribution >= 4 is 5.78 Å². The lowest BCUT2D eigenvalue weighted by Crippen LogP contribution is -2.24. The highest BCUT2D eigenvalue weighted by atomic mass is 16.3. The molecule has 20 heavy (non-hydrogen) atoms. The Morgan fingerprint density at radius 1 is 0.850 bits per heavy atom. The lowest BCUT2D eigenvalue weighted by Gasteiger charge is -2.10. The third-order valence-corrected chi connectivity index (χ3v) is 3.05. The van der Waals surface area contributed by atoms with E-state index in [1.54, 1.807) is 24.3 Å². The minimum absolute atomic E-state index is 0.125. The van der Waals surface area contributed by atoms with Gasteiger partial charge >= 0.3 is 0 Å². The van der Waals surface area contributed by atoms with Gasteiger partial charge in [-0.3, -0.25) is 4.79 Å². The molecule has 3 N–H and O–H groups in total. The van der Waals surface area contributed by atoms with Gasteiger partial charge in [-0.05, 0) is 35.4 Å². The number of rotatable bonds is 5. The Balaban J connectivity index is 1.94. The van der Waals surface area contributed by atoms with E-state index in [1.165, 1.54) is 24.3 Å². The van der Waals surface area contributed by atoms with E-state index in [0.29, 0.717) is 0 Å². The summed E-state index contributed by atoms with van der Waals surface area (Å²) in [6, 6.07) is 12.7. The second kappa shape index (κ2) is 6.21. The van der Waals surface area contributed by atoms with Crippen LogP contribution in [0.3, 0.4) is 0 Å². The first-order valence-corrected chi connectivity index (χ1v) is 6.31. The maximum atomic E-state index is 11.9. The average molecular weight is 272 g/mol. The van der Waals surface area contributed by atoms with Crippen molar-refractivity contribution in [3.63, 3.8) is 0 Å². The van der Waals surface area contributed by atoms with Crippen LogP contribution in [0.4, 0.5) is 0 Å². The first-order valence-electron chi connectivity index (χ1n) is 6.31. The van der Waals surface area contributed by atoms with Crippen molar-refractivity contribution < 1.29 is 20.1 Å². The summed E-state index contributed by atoms with van der Waals surface area (Å²) in [6.07, 6.45) is -0.732. The van der Waals surface area contributed by atoms with Crippen molar-refractivity contribution in [1.29, 1.82) is 0 Å². The maximum absolute atomic E-state index is 11.9. The van der Waals surface area contributed by atoms with Crippen LogP contribution in [0.5, 0.6) is 11.5 Å². The topological polar surface area (TPSA) is 77.8 Å². The summed E-state index contributed by atoms with van der Waals surface area (Å²) >= 11 is 0. The zero-order valence-electron chi connectivity index (χ0n) is 10.9. The van der Waals surface area contributed by atoms with Gasteiger partial charge in [0.15, 0.2) is 5.78 Å². The first-order chi connectivity index (χ1) is 9.54. The van der Waals surface area contributed by atoms with Gasteiger partial charge in [-0.1, -0.05) is 24.3 Å².